The summed E-state index contributed by atoms with van der Waals surface area (Å²) in [5.41, 5.74) is 5.79. The van der Waals surface area contributed by atoms with Crippen LogP contribution in [0.5, 0.6) is 5.75 Å². The molecule has 0 radical (unpaired) electrons. The summed E-state index contributed by atoms with van der Waals surface area (Å²) in [4.78, 5) is 11.4. The first-order valence-electron chi connectivity index (χ1n) is 6.66. The number of hydrogen-bond acceptors (Lipinski definition) is 3. The van der Waals surface area contributed by atoms with Crippen LogP contribution < -0.4 is 15.8 Å². The van der Waals surface area contributed by atoms with Gasteiger partial charge in [-0.05, 0) is 37.1 Å². The molecule has 0 fully saturated rings. The van der Waals surface area contributed by atoms with Crippen molar-refractivity contribution in [2.24, 2.45) is 5.73 Å². The van der Waals surface area contributed by atoms with Crippen molar-refractivity contribution >= 4 is 5.91 Å². The fourth-order valence-electron chi connectivity index (χ4n) is 1.65. The van der Waals surface area contributed by atoms with E-state index in [1.165, 1.54) is 12.1 Å². The van der Waals surface area contributed by atoms with E-state index in [2.05, 4.69) is 5.32 Å². The third-order valence-electron chi connectivity index (χ3n) is 2.69. The van der Waals surface area contributed by atoms with Gasteiger partial charge in [0.25, 0.3) is 5.91 Å². The van der Waals surface area contributed by atoms with Crippen LogP contribution in [-0.4, -0.2) is 25.6 Å². The molecule has 1 aromatic carbocycles. The minimum atomic E-state index is -0.824. The second-order valence-corrected chi connectivity index (χ2v) is 4.42. The Morgan fingerprint density at radius 3 is 2.55 bits per heavy atom. The molecule has 112 valence electrons. The van der Waals surface area contributed by atoms with E-state index < -0.39 is 29.9 Å². The van der Waals surface area contributed by atoms with Crippen LogP contribution in [0.3, 0.4) is 0 Å². The Labute approximate surface area is 117 Å². The second kappa shape index (κ2) is 8.47. The molecule has 0 aliphatic heterocycles. The fraction of sp³-hybridized carbons (Fsp3) is 0.500. The lowest BCUT2D eigenvalue weighted by molar-refractivity contribution is -0.123. The number of carbonyl (C=O) groups excluding carboxylic acids is 1. The third kappa shape index (κ3) is 5.13. The average molecular weight is 286 g/mol. The highest BCUT2D eigenvalue weighted by Gasteiger charge is 2.14. The van der Waals surface area contributed by atoms with Crippen LogP contribution in [0.25, 0.3) is 0 Å². The number of benzene rings is 1. The topological polar surface area (TPSA) is 64.3 Å². The van der Waals surface area contributed by atoms with E-state index in [-0.39, 0.29) is 0 Å². The quantitative estimate of drug-likeness (QED) is 0.716. The normalized spacial score (nSPS) is 10.4. The van der Waals surface area contributed by atoms with Crippen molar-refractivity contribution in [3.8, 4) is 5.75 Å². The van der Waals surface area contributed by atoms with Crippen LogP contribution in [0.1, 0.15) is 25.3 Å². The molecule has 0 unspecified atom stereocenters. The molecule has 0 saturated heterocycles. The molecule has 0 aliphatic carbocycles. The number of ether oxygens (including phenoxy) is 1. The predicted octanol–water partition coefficient (Wildman–Crippen LogP) is 1.76. The summed E-state index contributed by atoms with van der Waals surface area (Å²) >= 11 is 0. The van der Waals surface area contributed by atoms with Gasteiger partial charge < -0.3 is 15.8 Å². The van der Waals surface area contributed by atoms with Crippen molar-refractivity contribution in [2.45, 2.75) is 26.2 Å². The zero-order valence-electron chi connectivity index (χ0n) is 11.5. The molecular weight excluding hydrogens is 266 g/mol. The van der Waals surface area contributed by atoms with E-state index in [4.69, 9.17) is 10.5 Å². The SMILES string of the molecule is CCCCNC(=O)COc1c(F)cc(CCN)cc1F. The summed E-state index contributed by atoms with van der Waals surface area (Å²) in [6.07, 6.45) is 2.18. The number of hydrogen-bond donors (Lipinski definition) is 2. The van der Waals surface area contributed by atoms with E-state index in [0.29, 0.717) is 25.1 Å². The zero-order valence-corrected chi connectivity index (χ0v) is 11.5. The summed E-state index contributed by atoms with van der Waals surface area (Å²) in [6.45, 7) is 2.42. The molecule has 4 nitrogen and oxygen atoms in total. The molecular formula is C14H20F2N2O2. The summed E-state index contributed by atoms with van der Waals surface area (Å²) in [7, 11) is 0. The number of nitrogens with two attached hydrogens (primary N) is 1. The molecule has 0 bridgehead atoms. The van der Waals surface area contributed by atoms with Crippen molar-refractivity contribution < 1.29 is 18.3 Å². The highest BCUT2D eigenvalue weighted by atomic mass is 19.1. The Bertz CT molecular complexity index is 430. The van der Waals surface area contributed by atoms with Crippen LogP contribution in [-0.2, 0) is 11.2 Å². The lowest BCUT2D eigenvalue weighted by Gasteiger charge is -2.10. The Kier molecular flexibility index (Phi) is 6.93. The molecule has 1 amide bonds. The largest absolute Gasteiger partial charge is 0.478 e. The Hall–Kier alpha value is -1.69. The minimum Gasteiger partial charge on any atom is -0.478 e. The molecule has 0 atom stereocenters. The van der Waals surface area contributed by atoms with Gasteiger partial charge in [0, 0.05) is 6.54 Å². The average Bonchev–Trinajstić information content (AvgIpc) is 2.38. The Morgan fingerprint density at radius 1 is 1.35 bits per heavy atom. The number of carbonyl (C=O) groups is 1. The van der Waals surface area contributed by atoms with Gasteiger partial charge >= 0.3 is 0 Å². The summed E-state index contributed by atoms with van der Waals surface area (Å²) < 4.78 is 32.2. The number of rotatable bonds is 8. The van der Waals surface area contributed by atoms with E-state index in [1.807, 2.05) is 6.92 Å². The van der Waals surface area contributed by atoms with Gasteiger partial charge in [-0.25, -0.2) is 8.78 Å². The molecule has 0 spiro atoms. The maximum atomic E-state index is 13.7. The van der Waals surface area contributed by atoms with Gasteiger partial charge in [-0.3, -0.25) is 4.79 Å². The van der Waals surface area contributed by atoms with Crippen LogP contribution >= 0.6 is 0 Å². The number of halogens is 2. The third-order valence-corrected chi connectivity index (χ3v) is 2.69. The number of nitrogens with one attached hydrogen (secondary N) is 1. The standard InChI is InChI=1S/C14H20F2N2O2/c1-2-3-6-18-13(19)9-20-14-11(15)7-10(4-5-17)8-12(14)16/h7-8H,2-6,9,17H2,1H3,(H,18,19). The van der Waals surface area contributed by atoms with Gasteiger partial charge in [0.15, 0.2) is 24.0 Å². The van der Waals surface area contributed by atoms with Gasteiger partial charge in [0.05, 0.1) is 0 Å². The van der Waals surface area contributed by atoms with Gasteiger partial charge in [0.1, 0.15) is 0 Å². The maximum Gasteiger partial charge on any atom is 0.257 e. The molecule has 0 aromatic heterocycles. The summed E-state index contributed by atoms with van der Waals surface area (Å²) in [5, 5.41) is 2.60. The molecule has 0 heterocycles. The second-order valence-electron chi connectivity index (χ2n) is 4.42. The van der Waals surface area contributed by atoms with Crippen LogP contribution in [0.15, 0.2) is 12.1 Å². The highest BCUT2D eigenvalue weighted by Crippen LogP contribution is 2.23. The van der Waals surface area contributed by atoms with Crippen LogP contribution in [0, 0.1) is 11.6 Å². The molecule has 3 N–H and O–H groups in total. The smallest absolute Gasteiger partial charge is 0.257 e. The Balaban J connectivity index is 2.57. The van der Waals surface area contributed by atoms with E-state index in [1.54, 1.807) is 0 Å². The number of amides is 1. The fourth-order valence-corrected chi connectivity index (χ4v) is 1.65. The summed E-state index contributed by atoms with van der Waals surface area (Å²) in [6, 6.07) is 2.33. The first-order valence-corrected chi connectivity index (χ1v) is 6.66. The lowest BCUT2D eigenvalue weighted by Crippen LogP contribution is -2.29. The van der Waals surface area contributed by atoms with Gasteiger partial charge in [0.2, 0.25) is 0 Å². The van der Waals surface area contributed by atoms with Crippen molar-refractivity contribution in [3.05, 3.63) is 29.3 Å². The monoisotopic (exact) mass is 286 g/mol. The Morgan fingerprint density at radius 2 is 2.00 bits per heavy atom. The first-order chi connectivity index (χ1) is 9.58. The minimum absolute atomic E-state index is 0.304. The lowest BCUT2D eigenvalue weighted by atomic mass is 10.1. The highest BCUT2D eigenvalue weighted by molar-refractivity contribution is 5.77. The molecule has 0 aliphatic rings. The molecule has 1 rings (SSSR count). The molecule has 20 heavy (non-hydrogen) atoms. The van der Waals surface area contributed by atoms with Crippen molar-refractivity contribution in [3.63, 3.8) is 0 Å². The van der Waals surface area contributed by atoms with Crippen molar-refractivity contribution in [2.75, 3.05) is 19.7 Å². The number of unbranched alkanes of at least 4 members (excludes halogenated alkanes) is 1. The van der Waals surface area contributed by atoms with E-state index in [9.17, 15) is 13.6 Å². The molecule has 0 saturated carbocycles. The van der Waals surface area contributed by atoms with Crippen molar-refractivity contribution in [1.29, 1.82) is 0 Å². The predicted molar refractivity (Wildman–Crippen MR) is 72.5 cm³/mol. The van der Waals surface area contributed by atoms with Gasteiger partial charge in [-0.15, -0.1) is 0 Å². The van der Waals surface area contributed by atoms with E-state index >= 15 is 0 Å². The van der Waals surface area contributed by atoms with Gasteiger partial charge in [-0.2, -0.15) is 0 Å². The zero-order chi connectivity index (χ0) is 15.0. The maximum absolute atomic E-state index is 13.7. The van der Waals surface area contributed by atoms with Gasteiger partial charge in [-0.1, -0.05) is 13.3 Å². The molecule has 6 heteroatoms. The first kappa shape index (κ1) is 16.4. The van der Waals surface area contributed by atoms with Crippen LogP contribution in [0.2, 0.25) is 0 Å². The molecule has 1 aromatic rings. The van der Waals surface area contributed by atoms with Crippen molar-refractivity contribution in [1.82, 2.24) is 5.32 Å². The van der Waals surface area contributed by atoms with Crippen LogP contribution in [0.4, 0.5) is 8.78 Å². The summed E-state index contributed by atoms with van der Waals surface area (Å²) in [5.74, 6) is -2.58. The van der Waals surface area contributed by atoms with E-state index in [0.717, 1.165) is 12.8 Å².